The van der Waals surface area contributed by atoms with Gasteiger partial charge in [-0.25, -0.2) is 10.2 Å². The Morgan fingerprint density at radius 1 is 1.00 bits per heavy atom. The molecular formula is C15H28N2O2. The molecule has 0 aromatic heterocycles. The number of carbonyl (C=O) groups excluding carboxylic acids is 1. The minimum atomic E-state index is -0.443. The normalized spacial score (nSPS) is 18.9. The number of amides is 1. The van der Waals surface area contributed by atoms with Crippen molar-refractivity contribution in [3.05, 3.63) is 0 Å². The zero-order valence-corrected chi connectivity index (χ0v) is 12.2. The fourth-order valence-electron chi connectivity index (χ4n) is 2.42. The number of nitrogens with one attached hydrogen (secondary N) is 1. The number of carbonyl (C=O) groups is 1. The third-order valence-electron chi connectivity index (χ3n) is 3.51. The highest BCUT2D eigenvalue weighted by molar-refractivity contribution is 5.85. The van der Waals surface area contributed by atoms with Gasteiger partial charge in [0.25, 0.3) is 0 Å². The number of hydrogen-bond acceptors (Lipinski definition) is 3. The highest BCUT2D eigenvalue weighted by atomic mass is 16.5. The number of rotatable bonds is 2. The number of hydrogen-bond donors (Lipinski definition) is 1. The van der Waals surface area contributed by atoms with Crippen LogP contribution >= 0.6 is 0 Å². The fourth-order valence-corrected chi connectivity index (χ4v) is 2.42. The van der Waals surface area contributed by atoms with Crippen molar-refractivity contribution in [3.63, 3.8) is 0 Å². The van der Waals surface area contributed by atoms with Crippen molar-refractivity contribution in [2.24, 2.45) is 5.10 Å². The summed E-state index contributed by atoms with van der Waals surface area (Å²) in [7, 11) is 0. The van der Waals surface area contributed by atoms with Crippen LogP contribution in [-0.4, -0.2) is 18.4 Å². The van der Waals surface area contributed by atoms with E-state index in [0.717, 1.165) is 18.6 Å². The van der Waals surface area contributed by atoms with E-state index in [2.05, 4.69) is 10.5 Å². The van der Waals surface area contributed by atoms with Crippen molar-refractivity contribution in [1.29, 1.82) is 0 Å². The molecule has 1 aliphatic carbocycles. The summed E-state index contributed by atoms with van der Waals surface area (Å²) in [4.78, 5) is 11.2. The minimum Gasteiger partial charge on any atom is -0.449 e. The van der Waals surface area contributed by atoms with Crippen LogP contribution < -0.4 is 5.43 Å². The van der Waals surface area contributed by atoms with Gasteiger partial charge in [-0.3, -0.25) is 0 Å². The zero-order valence-electron chi connectivity index (χ0n) is 12.2. The molecule has 1 N–H and O–H groups in total. The summed E-state index contributed by atoms with van der Waals surface area (Å²) < 4.78 is 4.81. The molecule has 4 heteroatoms. The summed E-state index contributed by atoms with van der Waals surface area (Å²) in [5, 5.41) is 4.22. The largest absolute Gasteiger partial charge is 0.449 e. The molecule has 0 bridgehead atoms. The Labute approximate surface area is 117 Å². The Kier molecular flexibility index (Phi) is 9.11. The summed E-state index contributed by atoms with van der Waals surface area (Å²) in [6.07, 6.45) is 13.3. The van der Waals surface area contributed by atoms with Crippen LogP contribution in [0.4, 0.5) is 4.79 Å². The fraction of sp³-hybridized carbons (Fsp3) is 0.867. The predicted molar refractivity (Wildman–Crippen MR) is 78.4 cm³/mol. The third kappa shape index (κ3) is 8.62. The van der Waals surface area contributed by atoms with E-state index in [4.69, 9.17) is 4.74 Å². The maximum absolute atomic E-state index is 11.2. The molecule has 19 heavy (non-hydrogen) atoms. The summed E-state index contributed by atoms with van der Waals surface area (Å²) in [6.45, 7) is 2.18. The van der Waals surface area contributed by atoms with Gasteiger partial charge < -0.3 is 4.74 Å². The van der Waals surface area contributed by atoms with E-state index < -0.39 is 6.09 Å². The van der Waals surface area contributed by atoms with Crippen LogP contribution in [0.15, 0.2) is 5.10 Å². The Morgan fingerprint density at radius 3 is 1.95 bits per heavy atom. The van der Waals surface area contributed by atoms with Gasteiger partial charge in [0.2, 0.25) is 0 Å². The molecule has 1 amide bonds. The summed E-state index contributed by atoms with van der Waals surface area (Å²) in [5.74, 6) is 0. The molecule has 110 valence electrons. The van der Waals surface area contributed by atoms with Gasteiger partial charge in [0.15, 0.2) is 0 Å². The Hall–Kier alpha value is -1.06. The van der Waals surface area contributed by atoms with Crippen LogP contribution in [0, 0.1) is 0 Å². The first-order valence-corrected chi connectivity index (χ1v) is 7.81. The monoisotopic (exact) mass is 268 g/mol. The first-order valence-electron chi connectivity index (χ1n) is 7.81. The van der Waals surface area contributed by atoms with E-state index >= 15 is 0 Å². The smallest absolute Gasteiger partial charge is 0.427 e. The molecule has 0 unspecified atom stereocenters. The van der Waals surface area contributed by atoms with E-state index in [1.807, 2.05) is 0 Å². The van der Waals surface area contributed by atoms with Crippen LogP contribution in [0.25, 0.3) is 0 Å². The van der Waals surface area contributed by atoms with Gasteiger partial charge in [-0.1, -0.05) is 44.9 Å². The molecule has 0 heterocycles. The zero-order chi connectivity index (χ0) is 13.8. The van der Waals surface area contributed by atoms with Gasteiger partial charge >= 0.3 is 6.09 Å². The van der Waals surface area contributed by atoms with Crippen molar-refractivity contribution >= 4 is 11.8 Å². The highest BCUT2D eigenvalue weighted by Gasteiger charge is 2.04. The molecule has 0 aliphatic heterocycles. The van der Waals surface area contributed by atoms with E-state index in [1.54, 1.807) is 6.92 Å². The molecule has 1 rings (SSSR count). The van der Waals surface area contributed by atoms with Crippen LogP contribution in [-0.2, 0) is 4.74 Å². The predicted octanol–water partition coefficient (Wildman–Crippen LogP) is 4.39. The number of ether oxygens (including phenoxy) is 1. The molecule has 1 aliphatic rings. The molecule has 4 nitrogen and oxygen atoms in total. The van der Waals surface area contributed by atoms with Crippen molar-refractivity contribution in [1.82, 2.24) is 5.43 Å². The lowest BCUT2D eigenvalue weighted by Crippen LogP contribution is -2.20. The lowest BCUT2D eigenvalue weighted by Gasteiger charge is -2.09. The van der Waals surface area contributed by atoms with E-state index in [9.17, 15) is 4.79 Å². The van der Waals surface area contributed by atoms with Crippen LogP contribution in [0.2, 0.25) is 0 Å². The molecule has 0 atom stereocenters. The second-order valence-electron chi connectivity index (χ2n) is 5.19. The van der Waals surface area contributed by atoms with Crippen LogP contribution in [0.3, 0.4) is 0 Å². The van der Waals surface area contributed by atoms with Crippen LogP contribution in [0.5, 0.6) is 0 Å². The summed E-state index contributed by atoms with van der Waals surface area (Å²) in [5.41, 5.74) is 3.61. The van der Waals surface area contributed by atoms with E-state index in [0.29, 0.717) is 6.61 Å². The molecule has 0 spiro atoms. The standard InChI is InChI=1S/C15H28N2O2/c1-2-19-15(18)17-16-14-12-10-8-6-4-3-5-7-9-11-13-14/h2-13H2,1H3,(H,17,18). The van der Waals surface area contributed by atoms with E-state index in [-0.39, 0.29) is 0 Å². The maximum atomic E-state index is 11.2. The van der Waals surface area contributed by atoms with Gasteiger partial charge in [-0.05, 0) is 32.6 Å². The molecule has 0 aromatic carbocycles. The average Bonchev–Trinajstić information content (AvgIpc) is 2.38. The quantitative estimate of drug-likeness (QED) is 0.755. The Balaban J connectivity index is 2.37. The summed E-state index contributed by atoms with van der Waals surface area (Å²) in [6, 6.07) is 0. The maximum Gasteiger partial charge on any atom is 0.427 e. The lowest BCUT2D eigenvalue weighted by molar-refractivity contribution is 0.152. The van der Waals surface area contributed by atoms with Gasteiger partial charge in [-0.2, -0.15) is 5.10 Å². The topological polar surface area (TPSA) is 50.7 Å². The van der Waals surface area contributed by atoms with Crippen molar-refractivity contribution in [3.8, 4) is 0 Å². The Morgan fingerprint density at radius 2 is 1.47 bits per heavy atom. The number of nitrogens with zero attached hydrogens (tertiary/aromatic N) is 1. The molecule has 0 saturated heterocycles. The average molecular weight is 268 g/mol. The van der Waals surface area contributed by atoms with Crippen molar-refractivity contribution in [2.75, 3.05) is 6.61 Å². The molecule has 1 saturated carbocycles. The molecule has 1 fully saturated rings. The van der Waals surface area contributed by atoms with Gasteiger partial charge in [0, 0.05) is 5.71 Å². The molecular weight excluding hydrogens is 240 g/mol. The molecule has 0 aromatic rings. The molecule has 0 radical (unpaired) electrons. The number of hydrazone groups is 1. The van der Waals surface area contributed by atoms with Crippen LogP contribution in [0.1, 0.15) is 77.6 Å². The minimum absolute atomic E-state index is 0.386. The first kappa shape index (κ1) is 16.0. The van der Waals surface area contributed by atoms with Gasteiger partial charge in [0.05, 0.1) is 6.61 Å². The lowest BCUT2D eigenvalue weighted by atomic mass is 10.00. The third-order valence-corrected chi connectivity index (χ3v) is 3.51. The van der Waals surface area contributed by atoms with Gasteiger partial charge in [0.1, 0.15) is 0 Å². The highest BCUT2D eigenvalue weighted by Crippen LogP contribution is 2.15. The first-order chi connectivity index (χ1) is 9.33. The second-order valence-corrected chi connectivity index (χ2v) is 5.19. The van der Waals surface area contributed by atoms with Gasteiger partial charge in [-0.15, -0.1) is 0 Å². The van der Waals surface area contributed by atoms with E-state index in [1.165, 1.54) is 57.8 Å². The van der Waals surface area contributed by atoms with Crippen molar-refractivity contribution in [2.45, 2.75) is 77.6 Å². The summed E-state index contributed by atoms with van der Waals surface area (Å²) >= 11 is 0. The SMILES string of the molecule is CCOC(=O)NN=C1CCCCCCCCCCC1. The second kappa shape index (κ2) is 10.8. The Bertz CT molecular complexity index is 263. The van der Waals surface area contributed by atoms with Crippen molar-refractivity contribution < 1.29 is 9.53 Å².